The average Bonchev–Trinajstić information content (AvgIpc) is 3.46. The molecule has 9 atom stereocenters. The van der Waals surface area contributed by atoms with E-state index in [2.05, 4.69) is 0 Å². The molecule has 11 nitrogen and oxygen atoms in total. The van der Waals surface area contributed by atoms with Crippen LogP contribution in [0.25, 0.3) is 0 Å². The first-order valence-corrected chi connectivity index (χ1v) is 8.74. The van der Waals surface area contributed by atoms with Crippen LogP contribution in [0.3, 0.4) is 0 Å². The van der Waals surface area contributed by atoms with Gasteiger partial charge in [-0.15, -0.1) is 0 Å². The lowest BCUT2D eigenvalue weighted by Gasteiger charge is -2.43. The molecule has 0 spiro atoms. The molecule has 3 aliphatic heterocycles. The van der Waals surface area contributed by atoms with Gasteiger partial charge in [-0.05, 0) is 0 Å². The van der Waals surface area contributed by atoms with Crippen LogP contribution in [0.5, 0.6) is 0 Å². The molecular formula is C17H24O11. The Bertz CT molecular complexity index is 649. The van der Waals surface area contributed by atoms with E-state index in [-0.39, 0.29) is 18.6 Å². The first-order valence-electron chi connectivity index (χ1n) is 9.24. The number of carbonyl (C=O) groups excluding carboxylic acids is 2. The van der Waals surface area contributed by atoms with Gasteiger partial charge in [-0.25, -0.2) is 4.79 Å². The van der Waals surface area contributed by atoms with Crippen LogP contribution in [-0.2, 0) is 33.3 Å². The standard InChI is InChI=1S/C17H24O11/c1-24-15(23)8-5-26-16(11(10-6-25-10)7(8)2-3-18)28-17-14(22)13(21)12(20)9(4-19)27-17/h3,5,7,9-14,16-17,19-22H,2,4,6H2,1H3/t7-,9-,10+,11+,12-,13+,14-,16+,17+/m1/s1/i10T. The van der Waals surface area contributed by atoms with Crippen molar-refractivity contribution in [3.05, 3.63) is 11.8 Å². The fourth-order valence-corrected chi connectivity index (χ4v) is 3.43. The minimum atomic E-state index is -1.69. The lowest BCUT2D eigenvalue weighted by molar-refractivity contribution is -0.342. The smallest absolute Gasteiger partial charge is 0.337 e. The molecule has 4 N–H and O–H groups in total. The monoisotopic (exact) mass is 406 g/mol. The molecule has 2 saturated heterocycles. The Morgan fingerprint density at radius 1 is 1.32 bits per heavy atom. The number of ether oxygens (including phenoxy) is 5. The number of aldehydes is 1. The maximum atomic E-state index is 12.1. The molecule has 0 aromatic rings. The van der Waals surface area contributed by atoms with Crippen LogP contribution in [0.15, 0.2) is 11.8 Å². The van der Waals surface area contributed by atoms with Crippen LogP contribution < -0.4 is 0 Å². The topological polar surface area (TPSA) is 165 Å². The zero-order chi connectivity index (χ0) is 21.3. The van der Waals surface area contributed by atoms with Crippen LogP contribution in [-0.4, -0.2) is 96.1 Å². The predicted octanol–water partition coefficient (Wildman–Crippen LogP) is -2.56. The molecule has 158 valence electrons. The molecule has 0 saturated carbocycles. The summed E-state index contributed by atoms with van der Waals surface area (Å²) in [4.78, 5) is 23.3. The van der Waals surface area contributed by atoms with E-state index in [4.69, 9.17) is 25.1 Å². The molecule has 28 heavy (non-hydrogen) atoms. The van der Waals surface area contributed by atoms with Gasteiger partial charge < -0.3 is 48.9 Å². The van der Waals surface area contributed by atoms with Gasteiger partial charge >= 0.3 is 5.97 Å². The number of carbonyl (C=O) groups is 2. The van der Waals surface area contributed by atoms with Gasteiger partial charge in [0.1, 0.15) is 30.7 Å². The van der Waals surface area contributed by atoms with E-state index >= 15 is 0 Å². The molecule has 3 heterocycles. The summed E-state index contributed by atoms with van der Waals surface area (Å²) in [5.41, 5.74) is 0.0281. The van der Waals surface area contributed by atoms with Crippen LogP contribution in [0.2, 0.25) is 0 Å². The van der Waals surface area contributed by atoms with Crippen molar-refractivity contribution in [1.82, 2.24) is 0 Å². The Morgan fingerprint density at radius 2 is 2.04 bits per heavy atom. The molecule has 0 aromatic carbocycles. The van der Waals surface area contributed by atoms with Crippen molar-refractivity contribution in [2.75, 3.05) is 20.3 Å². The number of rotatable bonds is 7. The predicted molar refractivity (Wildman–Crippen MR) is 87.2 cm³/mol. The number of hydrogen-bond acceptors (Lipinski definition) is 11. The van der Waals surface area contributed by atoms with Gasteiger partial charge in [0.05, 0.1) is 45.5 Å². The number of methoxy groups -OCH3 is 1. The van der Waals surface area contributed by atoms with Crippen LogP contribution in [0, 0.1) is 11.8 Å². The summed E-state index contributed by atoms with van der Waals surface area (Å²) in [6, 6.07) is 0. The minimum absolute atomic E-state index is 0.000617. The summed E-state index contributed by atoms with van der Waals surface area (Å²) in [5, 5.41) is 39.3. The molecule has 0 aliphatic carbocycles. The SMILES string of the molecule is [3H][C@@]1([C@H]2[C@H](O[C@@H]3O[C@H](CO)[C@@H](O)[C@H](O)[C@H]3O)OC=C(C(=O)OC)[C@H]2CC=O)CO1. The van der Waals surface area contributed by atoms with Crippen molar-refractivity contribution in [1.29, 1.82) is 0 Å². The second kappa shape index (κ2) is 8.82. The summed E-state index contributed by atoms with van der Waals surface area (Å²) in [5.74, 6) is -2.54. The van der Waals surface area contributed by atoms with Crippen molar-refractivity contribution in [2.24, 2.45) is 11.8 Å². The molecule has 3 rings (SSSR count). The molecular weight excluding hydrogens is 380 g/mol. The Balaban J connectivity index is 1.86. The molecule has 11 heteroatoms. The maximum Gasteiger partial charge on any atom is 0.337 e. The summed E-state index contributed by atoms with van der Waals surface area (Å²) in [6.07, 6.45) is -8.97. The van der Waals surface area contributed by atoms with Crippen LogP contribution in [0.1, 0.15) is 7.79 Å². The summed E-state index contributed by atoms with van der Waals surface area (Å²) < 4.78 is 34.6. The number of epoxide rings is 1. The maximum absolute atomic E-state index is 12.1. The molecule has 0 bridgehead atoms. The van der Waals surface area contributed by atoms with Crippen LogP contribution in [0.4, 0.5) is 0 Å². The number of hydrogen-bond donors (Lipinski definition) is 4. The second-order valence-electron chi connectivity index (χ2n) is 6.69. The van der Waals surface area contributed by atoms with E-state index in [0.29, 0.717) is 6.29 Å². The summed E-state index contributed by atoms with van der Waals surface area (Å²) in [6.45, 7) is -0.648. The molecule has 0 radical (unpaired) electrons. The first-order chi connectivity index (χ1) is 13.8. The number of aliphatic hydroxyl groups excluding tert-OH is 4. The quantitative estimate of drug-likeness (QED) is 0.200. The fraction of sp³-hybridized carbons (Fsp3) is 0.765. The van der Waals surface area contributed by atoms with E-state index in [1.807, 2.05) is 0 Å². The van der Waals surface area contributed by atoms with Gasteiger partial charge in [-0.3, -0.25) is 0 Å². The highest BCUT2D eigenvalue weighted by atomic mass is 16.8. The van der Waals surface area contributed by atoms with E-state index in [1.165, 1.54) is 0 Å². The molecule has 0 aromatic heterocycles. The van der Waals surface area contributed by atoms with Crippen LogP contribution >= 0.6 is 0 Å². The average molecular weight is 406 g/mol. The zero-order valence-corrected chi connectivity index (χ0v) is 15.0. The molecule has 0 amide bonds. The Kier molecular flexibility index (Phi) is 6.21. The normalized spacial score (nSPS) is 46.0. The highest BCUT2D eigenvalue weighted by Crippen LogP contribution is 2.41. The van der Waals surface area contributed by atoms with Gasteiger partial charge in [-0.2, -0.15) is 0 Å². The minimum Gasteiger partial charge on any atom is -0.471 e. The van der Waals surface area contributed by atoms with Gasteiger partial charge in [0.25, 0.3) is 0 Å². The second-order valence-corrected chi connectivity index (χ2v) is 6.69. The van der Waals surface area contributed by atoms with Crippen molar-refractivity contribution in [3.63, 3.8) is 0 Å². The fourth-order valence-electron chi connectivity index (χ4n) is 3.43. The van der Waals surface area contributed by atoms with Crippen molar-refractivity contribution in [2.45, 2.75) is 49.5 Å². The van der Waals surface area contributed by atoms with E-state index in [0.717, 1.165) is 13.4 Å². The van der Waals surface area contributed by atoms with E-state index < -0.39 is 67.5 Å². The highest BCUT2D eigenvalue weighted by Gasteiger charge is 2.52. The van der Waals surface area contributed by atoms with Crippen molar-refractivity contribution < 1.29 is 55.1 Å². The third-order valence-electron chi connectivity index (χ3n) is 5.03. The highest BCUT2D eigenvalue weighted by molar-refractivity contribution is 5.89. The Labute approximate surface area is 161 Å². The van der Waals surface area contributed by atoms with Gasteiger partial charge in [-0.1, -0.05) is 0 Å². The Hall–Kier alpha value is -1.60. The van der Waals surface area contributed by atoms with Gasteiger partial charge in [0.2, 0.25) is 6.29 Å². The van der Waals surface area contributed by atoms with E-state index in [1.54, 1.807) is 0 Å². The lowest BCUT2D eigenvalue weighted by atomic mass is 9.80. The molecule has 3 aliphatic rings. The largest absolute Gasteiger partial charge is 0.471 e. The number of aliphatic hydroxyl groups is 4. The van der Waals surface area contributed by atoms with Gasteiger partial charge in [0.15, 0.2) is 6.29 Å². The molecule has 0 unspecified atom stereocenters. The number of esters is 1. The summed E-state index contributed by atoms with van der Waals surface area (Å²) in [7, 11) is 1.16. The first kappa shape index (κ1) is 19.7. The molecule has 2 fully saturated rings. The zero-order valence-electron chi connectivity index (χ0n) is 16.0. The third kappa shape index (κ3) is 4.06. The summed E-state index contributed by atoms with van der Waals surface area (Å²) >= 11 is 0. The van der Waals surface area contributed by atoms with Gasteiger partial charge in [0, 0.05) is 12.3 Å². The Morgan fingerprint density at radius 3 is 2.61 bits per heavy atom. The van der Waals surface area contributed by atoms with Crippen molar-refractivity contribution >= 4 is 12.3 Å². The lowest BCUT2D eigenvalue weighted by Crippen LogP contribution is -2.60. The third-order valence-corrected chi connectivity index (χ3v) is 5.03. The van der Waals surface area contributed by atoms with E-state index in [9.17, 15) is 30.0 Å². The van der Waals surface area contributed by atoms with Crippen molar-refractivity contribution in [3.8, 4) is 0 Å².